The first-order valence-electron chi connectivity index (χ1n) is 6.10. The van der Waals surface area contributed by atoms with E-state index in [1.165, 1.54) is 18.2 Å². The minimum Gasteiger partial charge on any atom is -0.389 e. The van der Waals surface area contributed by atoms with E-state index in [0.717, 1.165) is 0 Å². The van der Waals surface area contributed by atoms with Crippen LogP contribution in [-0.4, -0.2) is 10.9 Å². The summed E-state index contributed by atoms with van der Waals surface area (Å²) in [6.07, 6.45) is 0.105. The van der Waals surface area contributed by atoms with E-state index < -0.39 is 5.82 Å². The zero-order valence-electron chi connectivity index (χ0n) is 10.9. The van der Waals surface area contributed by atoms with Crippen molar-refractivity contribution >= 4 is 40.4 Å². The predicted molar refractivity (Wildman–Crippen MR) is 86.1 cm³/mol. The Hall–Kier alpha value is -1.98. The van der Waals surface area contributed by atoms with Crippen LogP contribution in [0.3, 0.4) is 0 Å². The molecule has 2 aromatic rings. The molecule has 0 bridgehead atoms. The second-order valence-corrected chi connectivity index (χ2v) is 5.22. The third-order valence-corrected chi connectivity index (χ3v) is 3.42. The smallest absolute Gasteiger partial charge is 0.228 e. The van der Waals surface area contributed by atoms with Gasteiger partial charge in [-0.05, 0) is 29.8 Å². The number of amides is 1. The van der Waals surface area contributed by atoms with Crippen LogP contribution in [0.15, 0.2) is 42.5 Å². The van der Waals surface area contributed by atoms with Gasteiger partial charge in [0.25, 0.3) is 0 Å². The Kier molecular flexibility index (Phi) is 4.88. The summed E-state index contributed by atoms with van der Waals surface area (Å²) in [5.74, 6) is -0.755. The molecule has 3 nitrogen and oxygen atoms in total. The van der Waals surface area contributed by atoms with Gasteiger partial charge in [0.1, 0.15) is 10.8 Å². The highest BCUT2D eigenvalue weighted by atomic mass is 35.5. The highest BCUT2D eigenvalue weighted by Crippen LogP contribution is 2.19. The SMILES string of the molecule is NC(=S)c1cc(F)ccc1NC(=O)Cc1ccccc1Cl. The molecule has 0 aliphatic carbocycles. The molecular formula is C15H12ClFN2OS. The van der Waals surface area contributed by atoms with Gasteiger partial charge in [-0.2, -0.15) is 0 Å². The zero-order valence-corrected chi connectivity index (χ0v) is 12.5. The lowest BCUT2D eigenvalue weighted by Gasteiger charge is -2.11. The van der Waals surface area contributed by atoms with Crippen LogP contribution in [0, 0.1) is 5.82 Å². The summed E-state index contributed by atoms with van der Waals surface area (Å²) in [4.78, 5) is 12.1. The molecule has 0 aliphatic heterocycles. The average molecular weight is 323 g/mol. The monoisotopic (exact) mass is 322 g/mol. The largest absolute Gasteiger partial charge is 0.389 e. The van der Waals surface area contributed by atoms with Crippen LogP contribution in [-0.2, 0) is 11.2 Å². The molecule has 0 atom stereocenters. The van der Waals surface area contributed by atoms with Gasteiger partial charge in [-0.1, -0.05) is 42.0 Å². The van der Waals surface area contributed by atoms with Crippen LogP contribution in [0.1, 0.15) is 11.1 Å². The minimum atomic E-state index is -0.470. The quantitative estimate of drug-likeness (QED) is 0.849. The lowest BCUT2D eigenvalue weighted by Crippen LogP contribution is -2.19. The van der Waals surface area contributed by atoms with Crippen molar-refractivity contribution in [2.75, 3.05) is 5.32 Å². The third kappa shape index (κ3) is 4.00. The van der Waals surface area contributed by atoms with Gasteiger partial charge in [0.05, 0.1) is 12.1 Å². The van der Waals surface area contributed by atoms with Crippen molar-refractivity contribution in [1.29, 1.82) is 0 Å². The third-order valence-electron chi connectivity index (χ3n) is 2.83. The summed E-state index contributed by atoms with van der Waals surface area (Å²) in [6.45, 7) is 0. The lowest BCUT2D eigenvalue weighted by molar-refractivity contribution is -0.115. The van der Waals surface area contributed by atoms with Crippen molar-refractivity contribution in [1.82, 2.24) is 0 Å². The highest BCUT2D eigenvalue weighted by Gasteiger charge is 2.11. The number of carbonyl (C=O) groups excluding carboxylic acids is 1. The van der Waals surface area contributed by atoms with Gasteiger partial charge in [0.15, 0.2) is 0 Å². The first-order valence-corrected chi connectivity index (χ1v) is 6.88. The maximum absolute atomic E-state index is 13.2. The topological polar surface area (TPSA) is 55.1 Å². The number of halogens is 2. The number of thiocarbonyl (C=S) groups is 1. The minimum absolute atomic E-state index is 0.0162. The Morgan fingerprint density at radius 3 is 2.67 bits per heavy atom. The van der Waals surface area contributed by atoms with Gasteiger partial charge in [-0.3, -0.25) is 4.79 Å². The molecule has 108 valence electrons. The van der Waals surface area contributed by atoms with Crippen LogP contribution in [0.4, 0.5) is 10.1 Å². The Balaban J connectivity index is 2.17. The molecule has 0 aliphatic rings. The molecular weight excluding hydrogens is 311 g/mol. The summed E-state index contributed by atoms with van der Waals surface area (Å²) >= 11 is 10.9. The summed E-state index contributed by atoms with van der Waals surface area (Å²) < 4.78 is 13.2. The van der Waals surface area contributed by atoms with Gasteiger partial charge in [-0.25, -0.2) is 4.39 Å². The van der Waals surface area contributed by atoms with E-state index in [2.05, 4.69) is 5.32 Å². The molecule has 0 saturated heterocycles. The van der Waals surface area contributed by atoms with Crippen LogP contribution < -0.4 is 11.1 Å². The van der Waals surface area contributed by atoms with E-state index in [1.54, 1.807) is 24.3 Å². The van der Waals surface area contributed by atoms with Crippen molar-refractivity contribution in [2.24, 2.45) is 5.73 Å². The van der Waals surface area contributed by atoms with Gasteiger partial charge in [0, 0.05) is 10.6 Å². The molecule has 2 rings (SSSR count). The van der Waals surface area contributed by atoms with E-state index in [0.29, 0.717) is 16.3 Å². The number of rotatable bonds is 4. The summed E-state index contributed by atoms with van der Waals surface area (Å²) in [7, 11) is 0. The summed E-state index contributed by atoms with van der Waals surface area (Å²) in [5.41, 5.74) is 6.90. The van der Waals surface area contributed by atoms with Gasteiger partial charge in [-0.15, -0.1) is 0 Å². The normalized spacial score (nSPS) is 10.2. The number of benzene rings is 2. The molecule has 2 aromatic carbocycles. The first kappa shape index (κ1) is 15.4. The molecule has 3 N–H and O–H groups in total. The fourth-order valence-electron chi connectivity index (χ4n) is 1.84. The molecule has 0 heterocycles. The van der Waals surface area contributed by atoms with Crippen LogP contribution in [0.2, 0.25) is 5.02 Å². The van der Waals surface area contributed by atoms with E-state index in [4.69, 9.17) is 29.6 Å². The maximum atomic E-state index is 13.2. The van der Waals surface area contributed by atoms with Crippen molar-refractivity contribution in [3.05, 3.63) is 64.4 Å². The fraction of sp³-hybridized carbons (Fsp3) is 0.0667. The van der Waals surface area contributed by atoms with Crippen molar-refractivity contribution in [3.8, 4) is 0 Å². The second kappa shape index (κ2) is 6.65. The number of hydrogen-bond acceptors (Lipinski definition) is 2. The molecule has 1 amide bonds. The number of hydrogen-bond donors (Lipinski definition) is 2. The van der Waals surface area contributed by atoms with Crippen LogP contribution >= 0.6 is 23.8 Å². The van der Waals surface area contributed by atoms with Crippen molar-refractivity contribution < 1.29 is 9.18 Å². The number of anilines is 1. The maximum Gasteiger partial charge on any atom is 0.228 e. The predicted octanol–water partition coefficient (Wildman–Crippen LogP) is 3.29. The Labute approximate surface area is 131 Å². The molecule has 6 heteroatoms. The van der Waals surface area contributed by atoms with E-state index in [1.807, 2.05) is 0 Å². The molecule has 0 spiro atoms. The zero-order chi connectivity index (χ0) is 15.4. The number of carbonyl (C=O) groups is 1. The Bertz CT molecular complexity index is 706. The number of nitrogens with one attached hydrogen (secondary N) is 1. The van der Waals surface area contributed by atoms with Gasteiger partial charge in [0.2, 0.25) is 5.91 Å². The Morgan fingerprint density at radius 1 is 1.29 bits per heavy atom. The van der Waals surface area contributed by atoms with Crippen LogP contribution in [0.25, 0.3) is 0 Å². The first-order chi connectivity index (χ1) is 9.97. The highest BCUT2D eigenvalue weighted by molar-refractivity contribution is 7.80. The summed E-state index contributed by atoms with van der Waals surface area (Å²) in [6, 6.07) is 10.9. The molecule has 0 fully saturated rings. The van der Waals surface area contributed by atoms with E-state index in [9.17, 15) is 9.18 Å². The summed E-state index contributed by atoms with van der Waals surface area (Å²) in [5, 5.41) is 3.18. The molecule has 0 unspecified atom stereocenters. The molecule has 21 heavy (non-hydrogen) atoms. The number of nitrogens with two attached hydrogens (primary N) is 1. The van der Waals surface area contributed by atoms with E-state index in [-0.39, 0.29) is 22.9 Å². The second-order valence-electron chi connectivity index (χ2n) is 4.37. The Morgan fingerprint density at radius 2 is 2.00 bits per heavy atom. The van der Waals surface area contributed by atoms with Crippen molar-refractivity contribution in [2.45, 2.75) is 6.42 Å². The molecule has 0 radical (unpaired) electrons. The van der Waals surface area contributed by atoms with Gasteiger partial charge < -0.3 is 11.1 Å². The fourth-order valence-corrected chi connectivity index (χ4v) is 2.21. The van der Waals surface area contributed by atoms with E-state index >= 15 is 0 Å². The molecule has 0 aromatic heterocycles. The molecule has 0 saturated carbocycles. The van der Waals surface area contributed by atoms with Gasteiger partial charge >= 0.3 is 0 Å². The van der Waals surface area contributed by atoms with Crippen molar-refractivity contribution in [3.63, 3.8) is 0 Å². The average Bonchev–Trinajstić information content (AvgIpc) is 2.43. The van der Waals surface area contributed by atoms with Crippen LogP contribution in [0.5, 0.6) is 0 Å². The standard InChI is InChI=1S/C15H12ClFN2OS/c16-12-4-2-1-3-9(12)7-14(20)19-13-6-5-10(17)8-11(13)15(18)21/h1-6,8H,7H2,(H2,18,21)(H,19,20). The lowest BCUT2D eigenvalue weighted by atomic mass is 10.1.